The number of nitrogens with zero attached hydrogens (tertiary/aromatic N) is 4. The fourth-order valence-electron chi connectivity index (χ4n) is 2.50. The van der Waals surface area contributed by atoms with Crippen LogP contribution in [0.15, 0.2) is 21.5 Å². The van der Waals surface area contributed by atoms with Gasteiger partial charge < -0.3 is 14.8 Å². The first kappa shape index (κ1) is 14.4. The summed E-state index contributed by atoms with van der Waals surface area (Å²) in [5.74, 6) is 0.673. The summed E-state index contributed by atoms with van der Waals surface area (Å²) in [7, 11) is 0. The molecule has 0 radical (unpaired) electrons. The van der Waals surface area contributed by atoms with Crippen LogP contribution in [-0.4, -0.2) is 54.2 Å². The van der Waals surface area contributed by atoms with Gasteiger partial charge in [-0.3, -0.25) is 0 Å². The Kier molecular flexibility index (Phi) is 3.89. The molecule has 3 heterocycles. The normalized spacial score (nSPS) is 28.6. The Labute approximate surface area is 127 Å². The molecule has 8 heteroatoms. The van der Waals surface area contributed by atoms with E-state index in [4.69, 9.17) is 9.47 Å². The van der Waals surface area contributed by atoms with E-state index in [1.807, 2.05) is 19.4 Å². The summed E-state index contributed by atoms with van der Waals surface area (Å²) >= 11 is 1.47. The molecule has 0 amide bonds. The third kappa shape index (κ3) is 2.52. The van der Waals surface area contributed by atoms with Gasteiger partial charge in [0.25, 0.3) is 0 Å². The zero-order chi connectivity index (χ0) is 14.9. The molecule has 0 aromatic rings. The molecule has 0 aliphatic carbocycles. The van der Waals surface area contributed by atoms with Crippen molar-refractivity contribution in [2.24, 2.45) is 10.1 Å². The summed E-state index contributed by atoms with van der Waals surface area (Å²) < 4.78 is 10.8. The molecular weight excluding hydrogens is 290 g/mol. The highest BCUT2D eigenvalue weighted by Gasteiger charge is 2.42. The van der Waals surface area contributed by atoms with Crippen molar-refractivity contribution in [2.75, 3.05) is 26.0 Å². The van der Waals surface area contributed by atoms with Gasteiger partial charge in [0.05, 0.1) is 19.8 Å². The number of hydrazone groups is 1. The fraction of sp³-hybridized carbons (Fsp3) is 0.615. The van der Waals surface area contributed by atoms with E-state index in [9.17, 15) is 5.26 Å². The first-order chi connectivity index (χ1) is 10.2. The van der Waals surface area contributed by atoms with Crippen LogP contribution in [0.4, 0.5) is 0 Å². The lowest BCUT2D eigenvalue weighted by molar-refractivity contribution is -0.0393. The van der Waals surface area contributed by atoms with Crippen LogP contribution in [0.2, 0.25) is 0 Å². The molecule has 1 fully saturated rings. The Bertz CT molecular complexity index is 561. The van der Waals surface area contributed by atoms with Crippen LogP contribution >= 0.6 is 11.8 Å². The number of hydrogen-bond acceptors (Lipinski definition) is 8. The Morgan fingerprint density at radius 3 is 3.00 bits per heavy atom. The molecule has 3 aliphatic heterocycles. The van der Waals surface area contributed by atoms with Crippen LogP contribution in [0.3, 0.4) is 0 Å². The summed E-state index contributed by atoms with van der Waals surface area (Å²) in [5.41, 5.74) is 0.0512. The Morgan fingerprint density at radius 2 is 2.33 bits per heavy atom. The molecule has 112 valence electrons. The van der Waals surface area contributed by atoms with E-state index in [1.165, 1.54) is 11.8 Å². The molecule has 1 N–H and O–H groups in total. The van der Waals surface area contributed by atoms with Gasteiger partial charge in [-0.1, -0.05) is 0 Å². The number of rotatable bonds is 3. The molecule has 21 heavy (non-hydrogen) atoms. The van der Waals surface area contributed by atoms with E-state index in [-0.39, 0.29) is 6.29 Å². The number of hydrogen-bond donors (Lipinski definition) is 1. The SMILES string of the molecule is CSC1=NC2(C)CC=NN2C(NCC2OCCO2)=C1C#N. The molecule has 0 aromatic heterocycles. The maximum Gasteiger partial charge on any atom is 0.174 e. The number of fused-ring (bicyclic) bond motifs is 1. The van der Waals surface area contributed by atoms with Crippen molar-refractivity contribution in [3.05, 3.63) is 11.4 Å². The monoisotopic (exact) mass is 307 g/mol. The molecule has 3 aliphatic rings. The minimum absolute atomic E-state index is 0.285. The summed E-state index contributed by atoms with van der Waals surface area (Å²) in [6.45, 7) is 3.69. The summed E-state index contributed by atoms with van der Waals surface area (Å²) in [4.78, 5) is 4.67. The number of ether oxygens (including phenoxy) is 2. The highest BCUT2D eigenvalue weighted by molar-refractivity contribution is 8.13. The van der Waals surface area contributed by atoms with Gasteiger partial charge in [-0.2, -0.15) is 10.4 Å². The van der Waals surface area contributed by atoms with Gasteiger partial charge in [0.2, 0.25) is 0 Å². The molecule has 3 rings (SSSR count). The Balaban J connectivity index is 1.88. The van der Waals surface area contributed by atoms with Crippen molar-refractivity contribution in [1.82, 2.24) is 10.3 Å². The van der Waals surface area contributed by atoms with Gasteiger partial charge in [-0.05, 0) is 13.2 Å². The third-order valence-electron chi connectivity index (χ3n) is 3.57. The number of nitrogens with one attached hydrogen (secondary N) is 1. The largest absolute Gasteiger partial charge is 0.364 e. The van der Waals surface area contributed by atoms with Crippen molar-refractivity contribution >= 4 is 23.0 Å². The highest BCUT2D eigenvalue weighted by Crippen LogP contribution is 2.36. The molecule has 0 aromatic carbocycles. The summed E-state index contributed by atoms with van der Waals surface area (Å²) in [6, 6.07) is 2.23. The van der Waals surface area contributed by atoms with Crippen LogP contribution in [0.1, 0.15) is 13.3 Å². The maximum atomic E-state index is 9.48. The lowest BCUT2D eigenvalue weighted by Gasteiger charge is -2.37. The minimum Gasteiger partial charge on any atom is -0.364 e. The van der Waals surface area contributed by atoms with E-state index >= 15 is 0 Å². The van der Waals surface area contributed by atoms with Gasteiger partial charge in [0.1, 0.15) is 22.5 Å². The van der Waals surface area contributed by atoms with Crippen LogP contribution < -0.4 is 5.32 Å². The van der Waals surface area contributed by atoms with Crippen LogP contribution in [0.25, 0.3) is 0 Å². The fourth-order valence-corrected chi connectivity index (χ4v) is 3.13. The second-order valence-electron chi connectivity index (χ2n) is 5.04. The zero-order valence-corrected chi connectivity index (χ0v) is 12.8. The van der Waals surface area contributed by atoms with Gasteiger partial charge >= 0.3 is 0 Å². The second-order valence-corrected chi connectivity index (χ2v) is 5.83. The number of aliphatic imine (C=N–C) groups is 1. The van der Waals surface area contributed by atoms with E-state index in [0.29, 0.717) is 31.2 Å². The van der Waals surface area contributed by atoms with Gasteiger partial charge in [0, 0.05) is 12.6 Å². The van der Waals surface area contributed by atoms with Crippen molar-refractivity contribution in [3.8, 4) is 6.07 Å². The van der Waals surface area contributed by atoms with Crippen molar-refractivity contribution in [1.29, 1.82) is 5.26 Å². The maximum absolute atomic E-state index is 9.48. The minimum atomic E-state index is -0.460. The van der Waals surface area contributed by atoms with Crippen molar-refractivity contribution in [3.63, 3.8) is 0 Å². The van der Waals surface area contributed by atoms with E-state index in [2.05, 4.69) is 21.5 Å². The molecule has 1 atom stereocenters. The lowest BCUT2D eigenvalue weighted by Crippen LogP contribution is -2.47. The summed E-state index contributed by atoms with van der Waals surface area (Å²) in [6.07, 6.45) is 4.18. The lowest BCUT2D eigenvalue weighted by atomic mass is 10.1. The highest BCUT2D eigenvalue weighted by atomic mass is 32.2. The molecule has 0 bridgehead atoms. The van der Waals surface area contributed by atoms with Crippen molar-refractivity contribution < 1.29 is 9.47 Å². The van der Waals surface area contributed by atoms with Crippen molar-refractivity contribution in [2.45, 2.75) is 25.3 Å². The Hall–Kier alpha value is -1.56. The van der Waals surface area contributed by atoms with Crippen LogP contribution in [0, 0.1) is 11.3 Å². The predicted molar refractivity (Wildman–Crippen MR) is 80.6 cm³/mol. The third-order valence-corrected chi connectivity index (χ3v) is 4.25. The van der Waals surface area contributed by atoms with Crippen LogP contribution in [-0.2, 0) is 9.47 Å². The van der Waals surface area contributed by atoms with Gasteiger partial charge in [-0.15, -0.1) is 11.8 Å². The molecular formula is C13H17N5O2S. The average Bonchev–Trinajstić information content (AvgIpc) is 3.12. The molecule has 1 unspecified atom stereocenters. The first-order valence-electron chi connectivity index (χ1n) is 6.76. The van der Waals surface area contributed by atoms with E-state index < -0.39 is 5.66 Å². The Morgan fingerprint density at radius 1 is 1.57 bits per heavy atom. The molecule has 1 saturated heterocycles. The van der Waals surface area contributed by atoms with E-state index in [1.54, 1.807) is 5.01 Å². The van der Waals surface area contributed by atoms with Crippen LogP contribution in [0.5, 0.6) is 0 Å². The predicted octanol–water partition coefficient (Wildman–Crippen LogP) is 0.867. The quantitative estimate of drug-likeness (QED) is 0.833. The van der Waals surface area contributed by atoms with Gasteiger partial charge in [0.15, 0.2) is 12.0 Å². The second kappa shape index (κ2) is 5.67. The number of thioether (sulfide) groups is 1. The topological polar surface area (TPSA) is 82.2 Å². The zero-order valence-electron chi connectivity index (χ0n) is 12.0. The van der Waals surface area contributed by atoms with E-state index in [0.717, 1.165) is 11.5 Å². The first-order valence-corrected chi connectivity index (χ1v) is 7.99. The number of nitriles is 1. The molecule has 7 nitrogen and oxygen atoms in total. The smallest absolute Gasteiger partial charge is 0.174 e. The molecule has 0 spiro atoms. The van der Waals surface area contributed by atoms with Gasteiger partial charge in [-0.25, -0.2) is 10.0 Å². The summed E-state index contributed by atoms with van der Waals surface area (Å²) in [5, 5.41) is 19.6. The average molecular weight is 307 g/mol. The molecule has 0 saturated carbocycles. The standard InChI is InChI=1S/C13H17N5O2S/c1-13-3-4-16-18(13)11(9(7-14)12(17-13)21-2)15-8-10-19-5-6-20-10/h4,10,15H,3,5-6,8H2,1-2H3.